The third-order valence-corrected chi connectivity index (χ3v) is 3.83. The quantitative estimate of drug-likeness (QED) is 0.740. The van der Waals surface area contributed by atoms with Gasteiger partial charge in [-0.15, -0.1) is 0 Å². The van der Waals surface area contributed by atoms with Crippen LogP contribution in [0.25, 0.3) is 16.6 Å². The maximum Gasteiger partial charge on any atom is 0.360 e. The highest BCUT2D eigenvalue weighted by Gasteiger charge is 2.23. The molecule has 0 radical (unpaired) electrons. The minimum Gasteiger partial charge on any atom is -0.505 e. The van der Waals surface area contributed by atoms with Crippen molar-refractivity contribution in [1.29, 1.82) is 0 Å². The van der Waals surface area contributed by atoms with Crippen molar-refractivity contribution < 1.29 is 14.6 Å². The summed E-state index contributed by atoms with van der Waals surface area (Å²) in [5.41, 5.74) is 2.01. The second kappa shape index (κ2) is 5.93. The molecule has 0 atom stereocenters. The van der Waals surface area contributed by atoms with Crippen molar-refractivity contribution in [1.82, 2.24) is 9.55 Å². The largest absolute Gasteiger partial charge is 0.505 e. The Morgan fingerprint density at radius 3 is 2.70 bits per heavy atom. The Kier molecular flexibility index (Phi) is 3.96. The smallest absolute Gasteiger partial charge is 0.360 e. The molecular weight excluding hydrogens is 316 g/mol. The number of fused-ring (bicyclic) bond motifs is 1. The molecule has 1 N–H and O–H groups in total. The van der Waals surface area contributed by atoms with Gasteiger partial charge in [-0.25, -0.2) is 9.78 Å². The van der Waals surface area contributed by atoms with Gasteiger partial charge in [0.25, 0.3) is 0 Å². The van der Waals surface area contributed by atoms with Crippen LogP contribution in [0.4, 0.5) is 0 Å². The van der Waals surface area contributed by atoms with Crippen molar-refractivity contribution in [3.05, 3.63) is 52.9 Å². The summed E-state index contributed by atoms with van der Waals surface area (Å²) in [7, 11) is 0. The number of rotatable bonds is 3. The molecule has 0 saturated heterocycles. The first-order valence-corrected chi connectivity index (χ1v) is 7.55. The minimum absolute atomic E-state index is 0.121. The van der Waals surface area contributed by atoms with Crippen LogP contribution in [0, 0.1) is 6.92 Å². The molecule has 0 saturated carbocycles. The summed E-state index contributed by atoms with van der Waals surface area (Å²) in [6.45, 7) is 3.66. The van der Waals surface area contributed by atoms with E-state index in [0.29, 0.717) is 21.6 Å². The molecule has 0 bridgehead atoms. The zero-order chi connectivity index (χ0) is 16.6. The lowest BCUT2D eigenvalue weighted by molar-refractivity contribution is 0.0516. The highest BCUT2D eigenvalue weighted by atomic mass is 35.5. The number of nitrogens with zero attached hydrogens (tertiary/aromatic N) is 2. The van der Waals surface area contributed by atoms with Crippen LogP contribution < -0.4 is 0 Å². The zero-order valence-corrected chi connectivity index (χ0v) is 13.5. The van der Waals surface area contributed by atoms with Crippen molar-refractivity contribution in [2.75, 3.05) is 6.61 Å². The number of hydrogen-bond acceptors (Lipinski definition) is 4. The van der Waals surface area contributed by atoms with Gasteiger partial charge in [0.1, 0.15) is 0 Å². The number of halogens is 1. The van der Waals surface area contributed by atoms with Gasteiger partial charge >= 0.3 is 5.97 Å². The van der Waals surface area contributed by atoms with Gasteiger partial charge < -0.3 is 14.4 Å². The molecule has 2 aromatic heterocycles. The average Bonchev–Trinajstić information content (AvgIpc) is 2.90. The topological polar surface area (TPSA) is 64.3 Å². The predicted octanol–water partition coefficient (Wildman–Crippen LogP) is 3.87. The number of aryl methyl sites for hydroxylation is 1. The third kappa shape index (κ3) is 2.53. The lowest BCUT2D eigenvalue weighted by Gasteiger charge is -2.10. The van der Waals surface area contributed by atoms with Crippen molar-refractivity contribution in [2.24, 2.45) is 0 Å². The van der Waals surface area contributed by atoms with Gasteiger partial charge in [-0.05, 0) is 26.0 Å². The Morgan fingerprint density at radius 2 is 2.04 bits per heavy atom. The lowest BCUT2D eigenvalue weighted by Crippen LogP contribution is -2.09. The minimum atomic E-state index is -0.668. The van der Waals surface area contributed by atoms with Gasteiger partial charge in [-0.3, -0.25) is 0 Å². The molecule has 3 aromatic rings. The first-order chi connectivity index (χ1) is 11.0. The highest BCUT2D eigenvalue weighted by Crippen LogP contribution is 2.38. The lowest BCUT2D eigenvalue weighted by atomic mass is 10.2. The summed E-state index contributed by atoms with van der Waals surface area (Å²) in [5, 5.41) is 11.2. The van der Waals surface area contributed by atoms with Gasteiger partial charge in [-0.2, -0.15) is 0 Å². The fraction of sp³-hybridized carbons (Fsp3) is 0.176. The second-order valence-corrected chi connectivity index (χ2v) is 5.43. The molecule has 6 heteroatoms. The van der Waals surface area contributed by atoms with Crippen LogP contribution in [0.15, 0.2) is 36.5 Å². The molecule has 1 aromatic carbocycles. The Bertz CT molecular complexity index is 888. The summed E-state index contributed by atoms with van der Waals surface area (Å²) in [4.78, 5) is 16.2. The molecule has 0 spiro atoms. The normalized spacial score (nSPS) is 10.9. The van der Waals surface area contributed by atoms with E-state index in [0.717, 1.165) is 5.69 Å². The van der Waals surface area contributed by atoms with Gasteiger partial charge in [0, 0.05) is 11.9 Å². The molecule has 0 unspecified atom stereocenters. The summed E-state index contributed by atoms with van der Waals surface area (Å²) in [6.07, 6.45) is 1.70. The molecule has 0 aliphatic rings. The van der Waals surface area contributed by atoms with Crippen molar-refractivity contribution >= 4 is 28.5 Å². The van der Waals surface area contributed by atoms with E-state index in [9.17, 15) is 9.90 Å². The molecule has 0 fully saturated rings. The number of aromatic nitrogens is 2. The number of esters is 1. The van der Waals surface area contributed by atoms with Crippen LogP contribution in [0.1, 0.15) is 23.1 Å². The fourth-order valence-electron chi connectivity index (χ4n) is 2.58. The number of benzene rings is 1. The van der Waals surface area contributed by atoms with Crippen molar-refractivity contribution in [2.45, 2.75) is 13.8 Å². The Hall–Kier alpha value is -2.53. The average molecular weight is 331 g/mol. The maximum atomic E-state index is 12.0. The van der Waals surface area contributed by atoms with E-state index >= 15 is 0 Å². The van der Waals surface area contributed by atoms with E-state index in [4.69, 9.17) is 16.3 Å². The number of para-hydroxylation sites is 1. The monoisotopic (exact) mass is 330 g/mol. The van der Waals surface area contributed by atoms with Crippen molar-refractivity contribution in [3.63, 3.8) is 0 Å². The summed E-state index contributed by atoms with van der Waals surface area (Å²) in [5.74, 6) is -0.928. The Labute approximate surface area is 138 Å². The number of pyridine rings is 1. The Morgan fingerprint density at radius 1 is 1.35 bits per heavy atom. The van der Waals surface area contributed by atoms with Crippen LogP contribution in [0.3, 0.4) is 0 Å². The van der Waals surface area contributed by atoms with Gasteiger partial charge in [0.15, 0.2) is 11.4 Å². The van der Waals surface area contributed by atoms with E-state index in [1.165, 1.54) is 0 Å². The van der Waals surface area contributed by atoms with Crippen LogP contribution in [-0.4, -0.2) is 27.2 Å². The molecule has 118 valence electrons. The molecule has 2 heterocycles. The number of ether oxygens (including phenoxy) is 1. The maximum absolute atomic E-state index is 12.0. The summed E-state index contributed by atoms with van der Waals surface area (Å²) < 4.78 is 6.77. The van der Waals surface area contributed by atoms with Crippen LogP contribution in [-0.2, 0) is 4.74 Å². The standard InChI is InChI=1S/C17H15ClN2O3/c1-3-23-17(22)14-16(21)13-12(18)9-20(15(13)10(2)19-14)11-7-5-4-6-8-11/h4-9,21H,3H2,1-2H3. The SMILES string of the molecule is CCOC(=O)c1nc(C)c2c(c(Cl)cn2-c2ccccc2)c1O. The van der Waals surface area contributed by atoms with Crippen LogP contribution in [0.5, 0.6) is 5.75 Å². The molecule has 3 rings (SSSR count). The van der Waals surface area contributed by atoms with E-state index in [2.05, 4.69) is 4.98 Å². The van der Waals surface area contributed by atoms with E-state index < -0.39 is 5.97 Å². The zero-order valence-electron chi connectivity index (χ0n) is 12.7. The van der Waals surface area contributed by atoms with Gasteiger partial charge in [0.05, 0.1) is 28.2 Å². The number of carbonyl (C=O) groups excluding carboxylic acids is 1. The van der Waals surface area contributed by atoms with Crippen LogP contribution in [0.2, 0.25) is 5.02 Å². The second-order valence-electron chi connectivity index (χ2n) is 5.02. The predicted molar refractivity (Wildman–Crippen MR) is 88.4 cm³/mol. The number of carbonyl (C=O) groups is 1. The molecular formula is C17H15ClN2O3. The summed E-state index contributed by atoms with van der Waals surface area (Å²) in [6, 6.07) is 9.57. The number of hydrogen-bond donors (Lipinski definition) is 1. The molecule has 23 heavy (non-hydrogen) atoms. The van der Waals surface area contributed by atoms with E-state index in [1.807, 2.05) is 34.9 Å². The molecule has 0 aliphatic carbocycles. The fourth-order valence-corrected chi connectivity index (χ4v) is 2.86. The van der Waals surface area contributed by atoms with Crippen LogP contribution >= 0.6 is 11.6 Å². The van der Waals surface area contributed by atoms with Gasteiger partial charge in [-0.1, -0.05) is 29.8 Å². The number of aromatic hydroxyl groups is 1. The van der Waals surface area contributed by atoms with Crippen molar-refractivity contribution in [3.8, 4) is 11.4 Å². The first kappa shape index (κ1) is 15.4. The Balaban J connectivity index is 2.30. The summed E-state index contributed by atoms with van der Waals surface area (Å²) >= 11 is 6.30. The molecule has 0 amide bonds. The first-order valence-electron chi connectivity index (χ1n) is 7.17. The highest BCUT2D eigenvalue weighted by molar-refractivity contribution is 6.36. The molecule has 0 aliphatic heterocycles. The van der Waals surface area contributed by atoms with Gasteiger partial charge in [0.2, 0.25) is 0 Å². The van der Waals surface area contributed by atoms with E-state index in [1.54, 1.807) is 20.0 Å². The van der Waals surface area contributed by atoms with E-state index in [-0.39, 0.29) is 18.1 Å². The third-order valence-electron chi connectivity index (χ3n) is 3.55. The molecule has 5 nitrogen and oxygen atoms in total.